The quantitative estimate of drug-likeness (QED) is 0.229. The standard InChI is InChI=1S/C15H27N5O6/c1-7(2)12(14(24)18-8(3)15(25)26)20-13(23)9(4-5-10(17)21)19-11(22)6-16/h7-9,12H,4-6,16H2,1-3H3,(H2,17,21)(H,18,24)(H,19,22)(H,20,23)(H,25,26). The molecule has 0 fully saturated rings. The highest BCUT2D eigenvalue weighted by Gasteiger charge is 2.30. The first-order valence-electron chi connectivity index (χ1n) is 8.10. The van der Waals surface area contributed by atoms with Crippen LogP contribution in [-0.4, -0.2) is 59.4 Å². The topological polar surface area (TPSA) is 194 Å². The molecular formula is C15H27N5O6. The summed E-state index contributed by atoms with van der Waals surface area (Å²) in [6, 6.07) is -3.28. The molecule has 0 spiro atoms. The van der Waals surface area contributed by atoms with Crippen molar-refractivity contribution in [1.82, 2.24) is 16.0 Å². The van der Waals surface area contributed by atoms with Crippen molar-refractivity contribution in [2.45, 2.75) is 51.7 Å². The van der Waals surface area contributed by atoms with E-state index >= 15 is 0 Å². The molecule has 4 amide bonds. The predicted octanol–water partition coefficient (Wildman–Crippen LogP) is -2.57. The van der Waals surface area contributed by atoms with Crippen LogP contribution in [0.5, 0.6) is 0 Å². The van der Waals surface area contributed by atoms with Crippen LogP contribution < -0.4 is 27.4 Å². The van der Waals surface area contributed by atoms with Crippen molar-refractivity contribution in [2.75, 3.05) is 6.54 Å². The van der Waals surface area contributed by atoms with Crippen molar-refractivity contribution < 1.29 is 29.1 Å². The Kier molecular flexibility index (Phi) is 9.89. The number of carboxylic acids is 1. The summed E-state index contributed by atoms with van der Waals surface area (Å²) in [6.07, 6.45) is -0.220. The molecule has 0 aromatic rings. The number of nitrogens with two attached hydrogens (primary N) is 2. The molecule has 0 bridgehead atoms. The Morgan fingerprint density at radius 1 is 0.962 bits per heavy atom. The van der Waals surface area contributed by atoms with Gasteiger partial charge in [0.15, 0.2) is 0 Å². The number of hydrogen-bond acceptors (Lipinski definition) is 6. The van der Waals surface area contributed by atoms with Crippen LogP contribution in [-0.2, 0) is 24.0 Å². The van der Waals surface area contributed by atoms with E-state index in [4.69, 9.17) is 16.6 Å². The smallest absolute Gasteiger partial charge is 0.325 e. The fourth-order valence-corrected chi connectivity index (χ4v) is 1.96. The van der Waals surface area contributed by atoms with Crippen LogP contribution in [0.4, 0.5) is 0 Å². The molecule has 11 heteroatoms. The molecule has 0 aliphatic heterocycles. The van der Waals surface area contributed by atoms with Crippen LogP contribution in [0.15, 0.2) is 0 Å². The number of carboxylic acid groups (broad SMARTS) is 1. The van der Waals surface area contributed by atoms with Gasteiger partial charge in [-0.3, -0.25) is 24.0 Å². The number of primary amides is 1. The molecule has 26 heavy (non-hydrogen) atoms. The van der Waals surface area contributed by atoms with Gasteiger partial charge in [0, 0.05) is 6.42 Å². The maximum atomic E-state index is 12.4. The summed E-state index contributed by atoms with van der Waals surface area (Å²) in [5.41, 5.74) is 10.3. The van der Waals surface area contributed by atoms with Crippen LogP contribution in [0.3, 0.4) is 0 Å². The first-order valence-corrected chi connectivity index (χ1v) is 8.10. The molecule has 0 heterocycles. The second kappa shape index (κ2) is 11.0. The number of amides is 4. The van der Waals surface area contributed by atoms with E-state index in [1.54, 1.807) is 13.8 Å². The predicted molar refractivity (Wildman–Crippen MR) is 91.4 cm³/mol. The summed E-state index contributed by atoms with van der Waals surface area (Å²) in [4.78, 5) is 57.9. The minimum absolute atomic E-state index is 0.0646. The number of carbonyl (C=O) groups is 5. The van der Waals surface area contributed by atoms with Gasteiger partial charge >= 0.3 is 5.97 Å². The minimum atomic E-state index is -1.22. The van der Waals surface area contributed by atoms with Crippen LogP contribution in [0.1, 0.15) is 33.6 Å². The second-order valence-corrected chi connectivity index (χ2v) is 6.13. The van der Waals surface area contributed by atoms with Gasteiger partial charge in [0.05, 0.1) is 6.54 Å². The highest BCUT2D eigenvalue weighted by molar-refractivity contribution is 5.93. The maximum Gasteiger partial charge on any atom is 0.325 e. The number of rotatable bonds is 11. The van der Waals surface area contributed by atoms with Crippen molar-refractivity contribution in [3.63, 3.8) is 0 Å². The van der Waals surface area contributed by atoms with Crippen molar-refractivity contribution in [3.8, 4) is 0 Å². The summed E-state index contributed by atoms with van der Waals surface area (Å²) in [6.45, 7) is 4.25. The molecule has 3 unspecified atom stereocenters. The normalized spacial score (nSPS) is 14.0. The lowest BCUT2D eigenvalue weighted by molar-refractivity contribution is -0.142. The van der Waals surface area contributed by atoms with Crippen LogP contribution in [0.2, 0.25) is 0 Å². The molecule has 0 rings (SSSR count). The number of hydrogen-bond donors (Lipinski definition) is 6. The van der Waals surface area contributed by atoms with E-state index in [9.17, 15) is 24.0 Å². The van der Waals surface area contributed by atoms with E-state index in [1.165, 1.54) is 6.92 Å². The number of nitrogens with one attached hydrogen (secondary N) is 3. The second-order valence-electron chi connectivity index (χ2n) is 6.13. The molecule has 0 radical (unpaired) electrons. The number of aliphatic carboxylic acids is 1. The molecule has 8 N–H and O–H groups in total. The van der Waals surface area contributed by atoms with Crippen molar-refractivity contribution in [3.05, 3.63) is 0 Å². The van der Waals surface area contributed by atoms with Crippen LogP contribution in [0.25, 0.3) is 0 Å². The summed E-state index contributed by atoms with van der Waals surface area (Å²) in [5.74, 6) is -4.23. The Morgan fingerprint density at radius 3 is 1.96 bits per heavy atom. The molecule has 0 aromatic heterocycles. The van der Waals surface area contributed by atoms with E-state index < -0.39 is 47.7 Å². The third-order valence-corrected chi connectivity index (χ3v) is 3.49. The summed E-state index contributed by atoms with van der Waals surface area (Å²) in [5, 5.41) is 16.0. The van der Waals surface area contributed by atoms with E-state index in [2.05, 4.69) is 16.0 Å². The Morgan fingerprint density at radius 2 is 1.54 bits per heavy atom. The third kappa shape index (κ3) is 8.42. The zero-order chi connectivity index (χ0) is 20.4. The molecule has 0 saturated heterocycles. The van der Waals surface area contributed by atoms with Gasteiger partial charge in [-0.1, -0.05) is 13.8 Å². The Hall–Kier alpha value is -2.69. The van der Waals surface area contributed by atoms with Gasteiger partial charge in [0.1, 0.15) is 18.1 Å². The molecular weight excluding hydrogens is 346 g/mol. The molecule has 0 saturated carbocycles. The highest BCUT2D eigenvalue weighted by Crippen LogP contribution is 2.05. The summed E-state index contributed by atoms with van der Waals surface area (Å²) in [7, 11) is 0. The minimum Gasteiger partial charge on any atom is -0.480 e. The number of carbonyl (C=O) groups excluding carboxylic acids is 4. The van der Waals surface area contributed by atoms with Crippen LogP contribution >= 0.6 is 0 Å². The third-order valence-electron chi connectivity index (χ3n) is 3.49. The monoisotopic (exact) mass is 373 g/mol. The van der Waals surface area contributed by atoms with E-state index in [1.807, 2.05) is 0 Å². The first-order chi connectivity index (χ1) is 12.0. The fourth-order valence-electron chi connectivity index (χ4n) is 1.96. The lowest BCUT2D eigenvalue weighted by atomic mass is 10.0. The SMILES string of the molecule is CC(NC(=O)C(NC(=O)C(CCC(N)=O)NC(=O)CN)C(C)C)C(=O)O. The zero-order valence-electron chi connectivity index (χ0n) is 15.1. The van der Waals surface area contributed by atoms with Gasteiger partial charge in [-0.05, 0) is 19.3 Å². The van der Waals surface area contributed by atoms with E-state index in [0.29, 0.717) is 0 Å². The summed E-state index contributed by atoms with van der Waals surface area (Å²) >= 11 is 0. The Balaban J connectivity index is 5.14. The molecule has 0 aromatic carbocycles. The maximum absolute atomic E-state index is 12.4. The molecule has 148 valence electrons. The zero-order valence-corrected chi connectivity index (χ0v) is 15.1. The van der Waals surface area contributed by atoms with Gasteiger partial charge in [-0.25, -0.2) is 0 Å². The molecule has 0 aliphatic carbocycles. The molecule has 3 atom stereocenters. The van der Waals surface area contributed by atoms with Crippen LogP contribution in [0, 0.1) is 5.92 Å². The first kappa shape index (κ1) is 23.3. The van der Waals surface area contributed by atoms with Gasteiger partial charge < -0.3 is 32.5 Å². The Labute approximate surface area is 151 Å². The van der Waals surface area contributed by atoms with E-state index in [-0.39, 0.29) is 25.3 Å². The summed E-state index contributed by atoms with van der Waals surface area (Å²) < 4.78 is 0. The van der Waals surface area contributed by atoms with Gasteiger partial charge in [0.25, 0.3) is 0 Å². The molecule has 11 nitrogen and oxygen atoms in total. The van der Waals surface area contributed by atoms with Gasteiger partial charge in [-0.2, -0.15) is 0 Å². The van der Waals surface area contributed by atoms with E-state index in [0.717, 1.165) is 0 Å². The molecule has 0 aliphatic rings. The Bertz CT molecular complexity index is 551. The average Bonchev–Trinajstić information content (AvgIpc) is 2.54. The average molecular weight is 373 g/mol. The lowest BCUT2D eigenvalue weighted by Crippen LogP contribution is -2.57. The fraction of sp³-hybridized carbons (Fsp3) is 0.667. The van der Waals surface area contributed by atoms with Crippen molar-refractivity contribution >= 4 is 29.6 Å². The van der Waals surface area contributed by atoms with Gasteiger partial charge in [0.2, 0.25) is 23.6 Å². The highest BCUT2D eigenvalue weighted by atomic mass is 16.4. The van der Waals surface area contributed by atoms with Crippen molar-refractivity contribution in [2.24, 2.45) is 17.4 Å². The lowest BCUT2D eigenvalue weighted by Gasteiger charge is -2.25. The largest absolute Gasteiger partial charge is 0.480 e. The van der Waals surface area contributed by atoms with Gasteiger partial charge in [-0.15, -0.1) is 0 Å². The van der Waals surface area contributed by atoms with Crippen molar-refractivity contribution in [1.29, 1.82) is 0 Å².